The van der Waals surface area contributed by atoms with Crippen molar-refractivity contribution in [3.05, 3.63) is 0 Å². The van der Waals surface area contributed by atoms with Crippen LogP contribution in [0, 0.1) is 11.5 Å². The summed E-state index contributed by atoms with van der Waals surface area (Å²) >= 11 is 0. The molecule has 0 saturated heterocycles. The third-order valence-corrected chi connectivity index (χ3v) is 2.33. The Hall–Kier alpha value is -0.593. The lowest BCUT2D eigenvalue weighted by molar-refractivity contribution is -0.108. The molecular weight excluding hydrogens is 180 g/mol. The Morgan fingerprint density at radius 1 is 1.46 bits per heavy atom. The zero-order valence-electron chi connectivity index (χ0n) is 8.89. The van der Waals surface area contributed by atoms with Gasteiger partial charge in [-0.15, -0.1) is 5.54 Å². The lowest BCUT2D eigenvalue weighted by atomic mass is 10.2. The molecule has 0 N–H and O–H groups in total. The van der Waals surface area contributed by atoms with Crippen LogP contribution < -0.4 is 0 Å². The quantitative estimate of drug-likeness (QED) is 0.391. The number of ether oxygens (including phenoxy) is 1. The largest absolute Gasteiger partial charge is 0.369 e. The fraction of sp³-hybridized carbons (Fsp3) is 0.700. The third-order valence-electron chi connectivity index (χ3n) is 1.44. The molecule has 3 heteroatoms. The molecule has 0 bridgehead atoms. The molecule has 0 radical (unpaired) electrons. The van der Waals surface area contributed by atoms with Gasteiger partial charge in [0.15, 0.2) is 0 Å². The Kier molecular flexibility index (Phi) is 5.68. The van der Waals surface area contributed by atoms with E-state index in [1.54, 1.807) is 7.11 Å². The van der Waals surface area contributed by atoms with Gasteiger partial charge in [0.2, 0.25) is 0 Å². The van der Waals surface area contributed by atoms with Crippen LogP contribution >= 0.6 is 0 Å². The summed E-state index contributed by atoms with van der Waals surface area (Å²) in [6.07, 6.45) is 2.07. The fourth-order valence-electron chi connectivity index (χ4n) is 0.765. The number of methoxy groups -OCH3 is 1. The normalized spacial score (nSPS) is 12.9. The van der Waals surface area contributed by atoms with Crippen molar-refractivity contribution in [1.82, 2.24) is 0 Å². The molecule has 0 rings (SSSR count). The number of hydrogen-bond acceptors (Lipinski definition) is 2. The molecule has 0 aromatic rings. The predicted molar refractivity (Wildman–Crippen MR) is 57.2 cm³/mol. The smallest absolute Gasteiger partial charge is 0.129 e. The Bertz CT molecular complexity index is 207. The average Bonchev–Trinajstić information content (AvgIpc) is 2.03. The number of carbonyl (C=O) groups is 1. The van der Waals surface area contributed by atoms with E-state index in [1.807, 2.05) is 0 Å². The van der Waals surface area contributed by atoms with Gasteiger partial charge in [0.1, 0.15) is 20.5 Å². The predicted octanol–water partition coefficient (Wildman–Crippen LogP) is 1.86. The standard InChI is InChI=1S/C10H18O2Si/c1-12-10(6-5-8-11)7-9-13(2,3)4/h8,10H,5-6H2,1-4H3. The maximum absolute atomic E-state index is 10.1. The van der Waals surface area contributed by atoms with Crippen molar-refractivity contribution in [2.45, 2.75) is 38.6 Å². The van der Waals surface area contributed by atoms with Crippen LogP contribution in [0.3, 0.4) is 0 Å². The van der Waals surface area contributed by atoms with E-state index in [2.05, 4.69) is 31.1 Å². The van der Waals surface area contributed by atoms with Crippen molar-refractivity contribution < 1.29 is 9.53 Å². The Morgan fingerprint density at radius 2 is 2.08 bits per heavy atom. The molecule has 0 fully saturated rings. The zero-order chi connectivity index (χ0) is 10.3. The molecule has 0 aliphatic rings. The van der Waals surface area contributed by atoms with E-state index in [0.29, 0.717) is 12.8 Å². The van der Waals surface area contributed by atoms with E-state index in [0.717, 1.165) is 6.29 Å². The SMILES string of the molecule is COC(C#C[Si](C)(C)C)CCC=O. The average molecular weight is 198 g/mol. The molecule has 2 nitrogen and oxygen atoms in total. The Labute approximate surface area is 81.7 Å². The van der Waals surface area contributed by atoms with E-state index in [1.165, 1.54) is 0 Å². The molecule has 0 heterocycles. The minimum absolute atomic E-state index is 0.0723. The second kappa shape index (κ2) is 5.95. The zero-order valence-corrected chi connectivity index (χ0v) is 9.89. The van der Waals surface area contributed by atoms with Crippen LogP contribution in [0.1, 0.15) is 12.8 Å². The van der Waals surface area contributed by atoms with E-state index < -0.39 is 8.07 Å². The molecule has 0 aliphatic carbocycles. The highest BCUT2D eigenvalue weighted by Crippen LogP contribution is 2.01. The maximum Gasteiger partial charge on any atom is 0.129 e. The van der Waals surface area contributed by atoms with Crippen LogP contribution in [0.15, 0.2) is 0 Å². The van der Waals surface area contributed by atoms with Gasteiger partial charge in [0, 0.05) is 13.5 Å². The highest BCUT2D eigenvalue weighted by molar-refractivity contribution is 6.83. The summed E-state index contributed by atoms with van der Waals surface area (Å²) in [7, 11) is 0.328. The number of carbonyl (C=O) groups excluding carboxylic acids is 1. The van der Waals surface area contributed by atoms with Crippen LogP contribution in [0.4, 0.5) is 0 Å². The molecule has 0 spiro atoms. The summed E-state index contributed by atoms with van der Waals surface area (Å²) in [4.78, 5) is 10.1. The Balaban J connectivity index is 4.08. The first-order valence-corrected chi connectivity index (χ1v) is 7.98. The van der Waals surface area contributed by atoms with E-state index >= 15 is 0 Å². The molecule has 0 saturated carbocycles. The molecular formula is C10H18O2Si. The monoisotopic (exact) mass is 198 g/mol. The van der Waals surface area contributed by atoms with Gasteiger partial charge >= 0.3 is 0 Å². The number of aldehydes is 1. The van der Waals surface area contributed by atoms with Crippen LogP contribution in [0.25, 0.3) is 0 Å². The molecule has 0 aromatic heterocycles. The summed E-state index contributed by atoms with van der Waals surface area (Å²) in [5.41, 5.74) is 3.23. The summed E-state index contributed by atoms with van der Waals surface area (Å²) in [6, 6.07) is 0. The molecule has 0 aliphatic heterocycles. The van der Waals surface area contributed by atoms with Crippen molar-refractivity contribution in [3.8, 4) is 11.5 Å². The molecule has 1 unspecified atom stereocenters. The van der Waals surface area contributed by atoms with Gasteiger partial charge in [0.05, 0.1) is 0 Å². The molecule has 74 valence electrons. The van der Waals surface area contributed by atoms with Crippen LogP contribution in [0.2, 0.25) is 19.6 Å². The van der Waals surface area contributed by atoms with Crippen LogP contribution in [0.5, 0.6) is 0 Å². The van der Waals surface area contributed by atoms with Crippen LogP contribution in [-0.2, 0) is 9.53 Å². The second-order valence-corrected chi connectivity index (χ2v) is 8.74. The van der Waals surface area contributed by atoms with Crippen LogP contribution in [-0.4, -0.2) is 27.6 Å². The van der Waals surface area contributed by atoms with Gasteiger partial charge < -0.3 is 9.53 Å². The van der Waals surface area contributed by atoms with Gasteiger partial charge in [-0.25, -0.2) is 0 Å². The molecule has 1 atom stereocenters. The minimum Gasteiger partial charge on any atom is -0.369 e. The highest BCUT2D eigenvalue weighted by Gasteiger charge is 2.09. The molecule has 0 amide bonds. The first kappa shape index (κ1) is 12.4. The summed E-state index contributed by atoms with van der Waals surface area (Å²) in [6.45, 7) is 6.56. The molecule has 13 heavy (non-hydrogen) atoms. The van der Waals surface area contributed by atoms with Gasteiger partial charge in [-0.1, -0.05) is 25.6 Å². The maximum atomic E-state index is 10.1. The highest BCUT2D eigenvalue weighted by atomic mass is 28.3. The van der Waals surface area contributed by atoms with E-state index in [4.69, 9.17) is 4.74 Å². The first-order valence-electron chi connectivity index (χ1n) is 4.48. The lowest BCUT2D eigenvalue weighted by Crippen LogP contribution is -2.18. The first-order chi connectivity index (χ1) is 5.99. The van der Waals surface area contributed by atoms with Gasteiger partial charge in [0.25, 0.3) is 0 Å². The van der Waals surface area contributed by atoms with Crippen molar-refractivity contribution in [2.75, 3.05) is 7.11 Å². The topological polar surface area (TPSA) is 26.3 Å². The van der Waals surface area contributed by atoms with Crippen molar-refractivity contribution >= 4 is 14.4 Å². The third kappa shape index (κ3) is 7.76. The minimum atomic E-state index is -1.30. The second-order valence-electron chi connectivity index (χ2n) is 3.99. The summed E-state index contributed by atoms with van der Waals surface area (Å²) in [5, 5.41) is 0. The van der Waals surface area contributed by atoms with Crippen molar-refractivity contribution in [3.63, 3.8) is 0 Å². The molecule has 0 aromatic carbocycles. The Morgan fingerprint density at radius 3 is 2.46 bits per heavy atom. The lowest BCUT2D eigenvalue weighted by Gasteiger charge is -2.08. The van der Waals surface area contributed by atoms with E-state index in [9.17, 15) is 4.79 Å². The summed E-state index contributed by atoms with van der Waals surface area (Å²) in [5.74, 6) is 3.07. The van der Waals surface area contributed by atoms with E-state index in [-0.39, 0.29) is 6.10 Å². The number of rotatable bonds is 4. The van der Waals surface area contributed by atoms with Gasteiger partial charge in [-0.2, -0.15) is 0 Å². The van der Waals surface area contributed by atoms with Crippen molar-refractivity contribution in [2.24, 2.45) is 0 Å². The van der Waals surface area contributed by atoms with Gasteiger partial charge in [-0.05, 0) is 6.42 Å². The van der Waals surface area contributed by atoms with Gasteiger partial charge in [-0.3, -0.25) is 0 Å². The fourth-order valence-corrected chi connectivity index (χ4v) is 1.36. The number of hydrogen-bond donors (Lipinski definition) is 0. The van der Waals surface area contributed by atoms with Crippen molar-refractivity contribution in [1.29, 1.82) is 0 Å². The summed E-state index contributed by atoms with van der Waals surface area (Å²) < 4.78 is 5.14.